The molecule has 1 N–H and O–H groups in total. The molecule has 2 aromatic rings. The van der Waals surface area contributed by atoms with Gasteiger partial charge in [-0.25, -0.2) is 4.79 Å². The van der Waals surface area contributed by atoms with Crippen LogP contribution in [0.2, 0.25) is 0 Å². The summed E-state index contributed by atoms with van der Waals surface area (Å²) in [6.07, 6.45) is 1.08. The van der Waals surface area contributed by atoms with Crippen LogP contribution in [0.1, 0.15) is 37.8 Å². The first-order valence-electron chi connectivity index (χ1n) is 8.11. The average molecular weight is 324 g/mol. The Morgan fingerprint density at radius 2 is 1.62 bits per heavy atom. The van der Waals surface area contributed by atoms with Gasteiger partial charge in [0.2, 0.25) is 0 Å². The Bertz CT molecular complexity index is 685. The van der Waals surface area contributed by atoms with E-state index in [9.17, 15) is 4.79 Å². The first-order chi connectivity index (χ1) is 11.4. The molecule has 0 radical (unpaired) electrons. The minimum Gasteiger partial charge on any atom is -0.494 e. The summed E-state index contributed by atoms with van der Waals surface area (Å²) in [5.41, 5.74) is 2.64. The van der Waals surface area contributed by atoms with Gasteiger partial charge in [-0.1, -0.05) is 62.9 Å². The smallest absolute Gasteiger partial charge is 0.330 e. The molecule has 0 unspecified atom stereocenters. The van der Waals surface area contributed by atoms with Crippen LogP contribution in [0.4, 0.5) is 0 Å². The highest BCUT2D eigenvalue weighted by Crippen LogP contribution is 2.32. The van der Waals surface area contributed by atoms with Crippen molar-refractivity contribution in [1.29, 1.82) is 0 Å². The third kappa shape index (κ3) is 4.48. The van der Waals surface area contributed by atoms with Crippen LogP contribution in [0.25, 0.3) is 0 Å². The SMILES string of the molecule is C=C(CCCOc1ccc(C(C)(C)c2ccccc2)cc1)C(=O)O. The van der Waals surface area contributed by atoms with Crippen LogP contribution in [0, 0.1) is 0 Å². The Hall–Kier alpha value is -2.55. The molecule has 0 saturated carbocycles. The Balaban J connectivity index is 1.93. The minimum absolute atomic E-state index is 0.0704. The van der Waals surface area contributed by atoms with Crippen LogP contribution in [0.5, 0.6) is 5.75 Å². The number of carboxylic acids is 1. The molecule has 126 valence electrons. The zero-order valence-corrected chi connectivity index (χ0v) is 14.3. The molecule has 0 atom stereocenters. The molecule has 24 heavy (non-hydrogen) atoms. The standard InChI is InChI=1S/C21H24O3/c1-16(20(22)23)8-7-15-24-19-13-11-18(12-14-19)21(2,3)17-9-5-4-6-10-17/h4-6,9-14H,1,7-8,15H2,2-3H3,(H,22,23). The summed E-state index contributed by atoms with van der Waals surface area (Å²) in [6.45, 7) is 8.40. The second kappa shape index (κ2) is 7.82. The predicted octanol–water partition coefficient (Wildman–Crippen LogP) is 4.81. The molecule has 2 rings (SSSR count). The van der Waals surface area contributed by atoms with Crippen molar-refractivity contribution in [3.05, 3.63) is 77.9 Å². The Morgan fingerprint density at radius 1 is 1.04 bits per heavy atom. The molecule has 0 aliphatic rings. The van der Waals surface area contributed by atoms with E-state index in [0.717, 1.165) is 5.75 Å². The predicted molar refractivity (Wildman–Crippen MR) is 96.5 cm³/mol. The van der Waals surface area contributed by atoms with Crippen molar-refractivity contribution in [2.75, 3.05) is 6.61 Å². The van der Waals surface area contributed by atoms with Gasteiger partial charge in [-0.2, -0.15) is 0 Å². The Labute approximate surface area is 143 Å². The van der Waals surface area contributed by atoms with E-state index in [1.807, 2.05) is 18.2 Å². The number of hydrogen-bond donors (Lipinski definition) is 1. The van der Waals surface area contributed by atoms with Crippen LogP contribution >= 0.6 is 0 Å². The topological polar surface area (TPSA) is 46.5 Å². The van der Waals surface area contributed by atoms with Crippen LogP contribution in [-0.2, 0) is 10.2 Å². The number of aliphatic carboxylic acids is 1. The molecular weight excluding hydrogens is 300 g/mol. The molecule has 0 aliphatic heterocycles. The third-order valence-corrected chi connectivity index (χ3v) is 4.27. The van der Waals surface area contributed by atoms with Gasteiger partial charge < -0.3 is 9.84 Å². The highest BCUT2D eigenvalue weighted by atomic mass is 16.5. The van der Waals surface area contributed by atoms with Crippen LogP contribution in [0.15, 0.2) is 66.7 Å². The van der Waals surface area contributed by atoms with Gasteiger partial charge in [0.05, 0.1) is 6.61 Å². The number of hydrogen-bond acceptors (Lipinski definition) is 2. The molecular formula is C21H24O3. The molecule has 2 aromatic carbocycles. The van der Waals surface area contributed by atoms with Crippen LogP contribution < -0.4 is 4.74 Å². The van der Waals surface area contributed by atoms with E-state index in [0.29, 0.717) is 19.4 Å². The van der Waals surface area contributed by atoms with Crippen molar-refractivity contribution in [2.24, 2.45) is 0 Å². The number of benzene rings is 2. The fourth-order valence-electron chi connectivity index (χ4n) is 2.57. The van der Waals surface area contributed by atoms with E-state index < -0.39 is 5.97 Å². The molecule has 3 nitrogen and oxygen atoms in total. The minimum atomic E-state index is -0.942. The van der Waals surface area contributed by atoms with E-state index in [4.69, 9.17) is 9.84 Å². The van der Waals surface area contributed by atoms with Crippen molar-refractivity contribution in [3.63, 3.8) is 0 Å². The van der Waals surface area contributed by atoms with Gasteiger partial charge in [0.15, 0.2) is 0 Å². The summed E-state index contributed by atoms with van der Waals surface area (Å²) in [6, 6.07) is 18.5. The lowest BCUT2D eigenvalue weighted by molar-refractivity contribution is -0.132. The van der Waals surface area contributed by atoms with Gasteiger partial charge in [0.1, 0.15) is 5.75 Å². The Kier molecular flexibility index (Phi) is 5.80. The maximum Gasteiger partial charge on any atom is 0.330 e. The van der Waals surface area contributed by atoms with Crippen molar-refractivity contribution >= 4 is 5.97 Å². The first kappa shape index (κ1) is 17.8. The molecule has 0 aliphatic carbocycles. The van der Waals surface area contributed by atoms with E-state index in [1.54, 1.807) is 0 Å². The summed E-state index contributed by atoms with van der Waals surface area (Å²) in [4.78, 5) is 10.7. The highest BCUT2D eigenvalue weighted by Gasteiger charge is 2.22. The van der Waals surface area contributed by atoms with E-state index in [1.165, 1.54) is 11.1 Å². The number of ether oxygens (including phenoxy) is 1. The lowest BCUT2D eigenvalue weighted by Crippen LogP contribution is -2.18. The average Bonchev–Trinajstić information content (AvgIpc) is 2.59. The van der Waals surface area contributed by atoms with Crippen molar-refractivity contribution in [1.82, 2.24) is 0 Å². The lowest BCUT2D eigenvalue weighted by atomic mass is 9.78. The highest BCUT2D eigenvalue weighted by molar-refractivity contribution is 5.85. The number of rotatable bonds is 8. The largest absolute Gasteiger partial charge is 0.494 e. The lowest BCUT2D eigenvalue weighted by Gasteiger charge is -2.26. The van der Waals surface area contributed by atoms with Gasteiger partial charge in [0.25, 0.3) is 0 Å². The summed E-state index contributed by atoms with van der Waals surface area (Å²) in [7, 11) is 0. The van der Waals surface area contributed by atoms with Crippen LogP contribution in [-0.4, -0.2) is 17.7 Å². The first-order valence-corrected chi connectivity index (χ1v) is 8.11. The zero-order chi connectivity index (χ0) is 17.6. The zero-order valence-electron chi connectivity index (χ0n) is 14.3. The monoisotopic (exact) mass is 324 g/mol. The quantitative estimate of drug-likeness (QED) is 0.560. The summed E-state index contributed by atoms with van der Waals surface area (Å²) in [5.74, 6) is -0.147. The second-order valence-corrected chi connectivity index (χ2v) is 6.38. The summed E-state index contributed by atoms with van der Waals surface area (Å²) >= 11 is 0. The van der Waals surface area contributed by atoms with Gasteiger partial charge in [0, 0.05) is 11.0 Å². The summed E-state index contributed by atoms with van der Waals surface area (Å²) < 4.78 is 5.68. The molecule has 0 amide bonds. The maximum atomic E-state index is 10.7. The van der Waals surface area contributed by atoms with E-state index >= 15 is 0 Å². The molecule has 3 heteroatoms. The second-order valence-electron chi connectivity index (χ2n) is 6.38. The van der Waals surface area contributed by atoms with E-state index in [-0.39, 0.29) is 11.0 Å². The molecule has 0 fully saturated rings. The maximum absolute atomic E-state index is 10.7. The number of carbonyl (C=O) groups is 1. The fraction of sp³-hybridized carbons (Fsp3) is 0.286. The van der Waals surface area contributed by atoms with Gasteiger partial charge >= 0.3 is 5.97 Å². The molecule has 0 aromatic heterocycles. The fourth-order valence-corrected chi connectivity index (χ4v) is 2.57. The molecule has 0 spiro atoms. The van der Waals surface area contributed by atoms with Crippen molar-refractivity contribution < 1.29 is 14.6 Å². The molecule has 0 saturated heterocycles. The van der Waals surface area contributed by atoms with E-state index in [2.05, 4.69) is 56.8 Å². The molecule has 0 heterocycles. The van der Waals surface area contributed by atoms with Gasteiger partial charge in [-0.05, 0) is 36.1 Å². The normalized spacial score (nSPS) is 11.1. The summed E-state index contributed by atoms with van der Waals surface area (Å²) in [5, 5.41) is 8.76. The van der Waals surface area contributed by atoms with Gasteiger partial charge in [-0.15, -0.1) is 0 Å². The molecule has 0 bridgehead atoms. The Morgan fingerprint density at radius 3 is 2.21 bits per heavy atom. The van der Waals surface area contributed by atoms with Crippen LogP contribution in [0.3, 0.4) is 0 Å². The van der Waals surface area contributed by atoms with Crippen molar-refractivity contribution in [3.8, 4) is 5.75 Å². The van der Waals surface area contributed by atoms with Crippen molar-refractivity contribution in [2.45, 2.75) is 32.1 Å². The van der Waals surface area contributed by atoms with Gasteiger partial charge in [-0.3, -0.25) is 0 Å². The third-order valence-electron chi connectivity index (χ3n) is 4.27. The number of carboxylic acid groups (broad SMARTS) is 1.